The van der Waals surface area contributed by atoms with Crippen molar-refractivity contribution in [2.45, 2.75) is 18.4 Å². The molecule has 9 heteroatoms. The SMILES string of the molecule is Cc1ccc(C(=O)NNC(=O)c2cccc(S(=O)(=O)NCc3ccccc3)c2)o1. The van der Waals surface area contributed by atoms with Gasteiger partial charge in [0.25, 0.3) is 5.91 Å². The zero-order valence-corrected chi connectivity index (χ0v) is 16.3. The molecule has 0 saturated heterocycles. The van der Waals surface area contributed by atoms with Crippen LogP contribution in [0.5, 0.6) is 0 Å². The molecule has 2 aromatic carbocycles. The van der Waals surface area contributed by atoms with E-state index in [-0.39, 0.29) is 22.8 Å². The van der Waals surface area contributed by atoms with Crippen LogP contribution in [0.1, 0.15) is 32.2 Å². The Labute approximate surface area is 168 Å². The first-order valence-corrected chi connectivity index (χ1v) is 10.1. The summed E-state index contributed by atoms with van der Waals surface area (Å²) in [4.78, 5) is 24.1. The Hall–Kier alpha value is -3.43. The summed E-state index contributed by atoms with van der Waals surface area (Å²) >= 11 is 0. The lowest BCUT2D eigenvalue weighted by Gasteiger charge is -2.09. The Kier molecular flexibility index (Phi) is 6.10. The van der Waals surface area contributed by atoms with Gasteiger partial charge in [-0.3, -0.25) is 20.4 Å². The van der Waals surface area contributed by atoms with E-state index in [0.29, 0.717) is 5.76 Å². The van der Waals surface area contributed by atoms with Crippen LogP contribution in [-0.2, 0) is 16.6 Å². The number of furan rings is 1. The molecule has 8 nitrogen and oxygen atoms in total. The minimum atomic E-state index is -3.82. The minimum Gasteiger partial charge on any atom is -0.456 e. The third kappa shape index (κ3) is 5.31. The number of carbonyl (C=O) groups excluding carboxylic acids is 2. The topological polar surface area (TPSA) is 118 Å². The Bertz CT molecular complexity index is 1120. The third-order valence-electron chi connectivity index (χ3n) is 3.97. The second-order valence-corrected chi connectivity index (χ2v) is 7.92. The van der Waals surface area contributed by atoms with Crippen molar-refractivity contribution in [1.29, 1.82) is 0 Å². The maximum absolute atomic E-state index is 12.5. The van der Waals surface area contributed by atoms with Crippen LogP contribution in [0.2, 0.25) is 0 Å². The molecule has 3 aromatic rings. The lowest BCUT2D eigenvalue weighted by Crippen LogP contribution is -2.41. The van der Waals surface area contributed by atoms with Crippen molar-refractivity contribution in [3.05, 3.63) is 89.4 Å². The number of hydrazine groups is 1. The van der Waals surface area contributed by atoms with E-state index >= 15 is 0 Å². The van der Waals surface area contributed by atoms with Gasteiger partial charge in [-0.15, -0.1) is 0 Å². The van der Waals surface area contributed by atoms with Crippen molar-refractivity contribution in [1.82, 2.24) is 15.6 Å². The maximum Gasteiger partial charge on any atom is 0.305 e. The first-order valence-electron chi connectivity index (χ1n) is 8.66. The van der Waals surface area contributed by atoms with Gasteiger partial charge in [-0.1, -0.05) is 36.4 Å². The summed E-state index contributed by atoms with van der Waals surface area (Å²) in [5, 5.41) is 0. The summed E-state index contributed by atoms with van der Waals surface area (Å²) in [6.07, 6.45) is 0. The average Bonchev–Trinajstić information content (AvgIpc) is 3.17. The number of benzene rings is 2. The minimum absolute atomic E-state index is 0.0456. The van der Waals surface area contributed by atoms with Gasteiger partial charge >= 0.3 is 5.91 Å². The summed E-state index contributed by atoms with van der Waals surface area (Å²) in [6, 6.07) is 17.7. The van der Waals surface area contributed by atoms with Gasteiger partial charge in [0.15, 0.2) is 5.76 Å². The lowest BCUT2D eigenvalue weighted by atomic mass is 10.2. The highest BCUT2D eigenvalue weighted by Gasteiger charge is 2.17. The summed E-state index contributed by atoms with van der Waals surface area (Å²) in [5.74, 6) is -0.687. The molecule has 0 fully saturated rings. The van der Waals surface area contributed by atoms with E-state index in [0.717, 1.165) is 5.56 Å². The van der Waals surface area contributed by atoms with Gasteiger partial charge in [-0.25, -0.2) is 13.1 Å². The van der Waals surface area contributed by atoms with Crippen LogP contribution in [0.4, 0.5) is 0 Å². The summed E-state index contributed by atoms with van der Waals surface area (Å²) in [6.45, 7) is 1.81. The molecule has 3 N–H and O–H groups in total. The number of hydrogen-bond donors (Lipinski definition) is 3. The molecule has 0 spiro atoms. The van der Waals surface area contributed by atoms with Gasteiger partial charge in [0.1, 0.15) is 5.76 Å². The van der Waals surface area contributed by atoms with Crippen LogP contribution in [0, 0.1) is 6.92 Å². The quantitative estimate of drug-likeness (QED) is 0.535. The van der Waals surface area contributed by atoms with Crippen LogP contribution >= 0.6 is 0 Å². The van der Waals surface area contributed by atoms with E-state index in [9.17, 15) is 18.0 Å². The number of sulfonamides is 1. The molecule has 0 aliphatic carbocycles. The second kappa shape index (κ2) is 8.72. The lowest BCUT2D eigenvalue weighted by molar-refractivity contribution is 0.0830. The molecule has 0 aliphatic rings. The number of amides is 2. The Morgan fingerprint density at radius 1 is 0.897 bits per heavy atom. The normalized spacial score (nSPS) is 11.1. The molecule has 0 radical (unpaired) electrons. The van der Waals surface area contributed by atoms with E-state index in [1.807, 2.05) is 18.2 Å². The van der Waals surface area contributed by atoms with Crippen molar-refractivity contribution < 1.29 is 22.4 Å². The van der Waals surface area contributed by atoms with Gasteiger partial charge in [0.05, 0.1) is 4.90 Å². The van der Waals surface area contributed by atoms with Crippen molar-refractivity contribution in [2.24, 2.45) is 0 Å². The van der Waals surface area contributed by atoms with E-state index in [1.54, 1.807) is 25.1 Å². The molecule has 1 heterocycles. The van der Waals surface area contributed by atoms with Gasteiger partial charge in [0.2, 0.25) is 10.0 Å². The van der Waals surface area contributed by atoms with Gasteiger partial charge in [0, 0.05) is 12.1 Å². The smallest absolute Gasteiger partial charge is 0.305 e. The van der Waals surface area contributed by atoms with Crippen molar-refractivity contribution in [3.8, 4) is 0 Å². The van der Waals surface area contributed by atoms with E-state index in [4.69, 9.17) is 4.42 Å². The van der Waals surface area contributed by atoms with Crippen LogP contribution in [-0.4, -0.2) is 20.2 Å². The highest BCUT2D eigenvalue weighted by molar-refractivity contribution is 7.89. The third-order valence-corrected chi connectivity index (χ3v) is 5.37. The van der Waals surface area contributed by atoms with Crippen LogP contribution in [0.15, 0.2) is 76.0 Å². The molecule has 150 valence electrons. The molecule has 2 amide bonds. The van der Waals surface area contributed by atoms with E-state index < -0.39 is 21.8 Å². The van der Waals surface area contributed by atoms with Gasteiger partial charge in [-0.2, -0.15) is 0 Å². The number of nitrogens with one attached hydrogen (secondary N) is 3. The molecule has 0 bridgehead atoms. The fourth-order valence-corrected chi connectivity index (χ4v) is 3.53. The fourth-order valence-electron chi connectivity index (χ4n) is 2.47. The molecule has 0 unspecified atom stereocenters. The maximum atomic E-state index is 12.5. The molecule has 0 aliphatic heterocycles. The molecule has 0 saturated carbocycles. The molecular formula is C20H19N3O5S. The van der Waals surface area contributed by atoms with Crippen molar-refractivity contribution in [2.75, 3.05) is 0 Å². The number of carbonyl (C=O) groups is 2. The standard InChI is InChI=1S/C20H19N3O5S/c1-14-10-11-18(28-14)20(25)23-22-19(24)16-8-5-9-17(12-16)29(26,27)21-13-15-6-3-2-4-7-15/h2-12,21H,13H2,1H3,(H,22,24)(H,23,25). The summed E-state index contributed by atoms with van der Waals surface area (Å²) in [5.41, 5.74) is 5.33. The monoisotopic (exact) mass is 413 g/mol. The van der Waals surface area contributed by atoms with Crippen LogP contribution in [0.3, 0.4) is 0 Å². The summed E-state index contributed by atoms with van der Waals surface area (Å²) < 4.78 is 32.7. The zero-order valence-electron chi connectivity index (χ0n) is 15.5. The molecule has 0 atom stereocenters. The fraction of sp³-hybridized carbons (Fsp3) is 0.100. The predicted octanol–water partition coefficient (Wildman–Crippen LogP) is 2.14. The number of aryl methyl sites for hydroxylation is 1. The van der Waals surface area contributed by atoms with Crippen molar-refractivity contribution in [3.63, 3.8) is 0 Å². The van der Waals surface area contributed by atoms with Crippen LogP contribution < -0.4 is 15.6 Å². The second-order valence-electron chi connectivity index (χ2n) is 6.16. The highest BCUT2D eigenvalue weighted by Crippen LogP contribution is 2.12. The molecule has 1 aromatic heterocycles. The largest absolute Gasteiger partial charge is 0.456 e. The zero-order chi connectivity index (χ0) is 20.9. The predicted molar refractivity (Wildman–Crippen MR) is 105 cm³/mol. The molecule has 3 rings (SSSR count). The van der Waals surface area contributed by atoms with E-state index in [1.165, 1.54) is 30.3 Å². The number of hydrogen-bond acceptors (Lipinski definition) is 5. The Morgan fingerprint density at radius 3 is 2.31 bits per heavy atom. The molecule has 29 heavy (non-hydrogen) atoms. The van der Waals surface area contributed by atoms with Gasteiger partial charge in [-0.05, 0) is 42.8 Å². The first kappa shape index (κ1) is 20.3. The first-order chi connectivity index (χ1) is 13.8. The Balaban J connectivity index is 1.64. The van der Waals surface area contributed by atoms with E-state index in [2.05, 4.69) is 15.6 Å². The highest BCUT2D eigenvalue weighted by atomic mass is 32.2. The molecular weight excluding hydrogens is 394 g/mol. The van der Waals surface area contributed by atoms with Crippen LogP contribution in [0.25, 0.3) is 0 Å². The van der Waals surface area contributed by atoms with Crippen molar-refractivity contribution >= 4 is 21.8 Å². The average molecular weight is 413 g/mol. The number of rotatable bonds is 6. The Morgan fingerprint density at radius 2 is 1.62 bits per heavy atom. The summed E-state index contributed by atoms with van der Waals surface area (Å²) in [7, 11) is -3.82. The van der Waals surface area contributed by atoms with Gasteiger partial charge < -0.3 is 4.42 Å².